The second-order valence-corrected chi connectivity index (χ2v) is 5.55. The first kappa shape index (κ1) is 11.8. The fourth-order valence-corrected chi connectivity index (χ4v) is 2.78. The maximum atomic E-state index is 6.04. The Kier molecular flexibility index (Phi) is 4.43. The summed E-state index contributed by atoms with van der Waals surface area (Å²) in [5, 5.41) is 0. The molecule has 15 heavy (non-hydrogen) atoms. The number of methoxy groups -OCH3 is 1. The van der Waals surface area contributed by atoms with E-state index in [0.717, 1.165) is 26.1 Å². The molecule has 1 heterocycles. The third kappa shape index (κ3) is 3.16. The molecule has 0 bridgehead atoms. The van der Waals surface area contributed by atoms with Crippen molar-refractivity contribution in [2.75, 3.05) is 20.3 Å². The van der Waals surface area contributed by atoms with Gasteiger partial charge >= 0.3 is 0 Å². The van der Waals surface area contributed by atoms with Crippen molar-refractivity contribution in [1.82, 2.24) is 0 Å². The summed E-state index contributed by atoms with van der Waals surface area (Å²) >= 11 is 3.58. The van der Waals surface area contributed by atoms with Gasteiger partial charge in [-0.25, -0.2) is 0 Å². The van der Waals surface area contributed by atoms with E-state index in [4.69, 9.17) is 14.2 Å². The van der Waals surface area contributed by atoms with Crippen LogP contribution in [0.25, 0.3) is 0 Å². The molecular formula is C11H19BrO3. The first-order chi connectivity index (χ1) is 7.29. The van der Waals surface area contributed by atoms with Gasteiger partial charge in [-0.2, -0.15) is 0 Å². The normalized spacial score (nSPS) is 42.0. The molecule has 2 aliphatic rings. The SMILES string of the molecule is COC1CCCC(OC2COCC2Br)C1. The van der Waals surface area contributed by atoms with E-state index in [2.05, 4.69) is 15.9 Å². The average Bonchev–Trinajstić information content (AvgIpc) is 2.65. The van der Waals surface area contributed by atoms with Crippen molar-refractivity contribution in [2.45, 2.75) is 48.8 Å². The molecule has 0 N–H and O–H groups in total. The van der Waals surface area contributed by atoms with Gasteiger partial charge in [-0.1, -0.05) is 15.9 Å². The smallest absolute Gasteiger partial charge is 0.0959 e. The molecule has 4 heteroatoms. The van der Waals surface area contributed by atoms with E-state index < -0.39 is 0 Å². The molecule has 4 unspecified atom stereocenters. The van der Waals surface area contributed by atoms with Crippen LogP contribution in [-0.2, 0) is 14.2 Å². The largest absolute Gasteiger partial charge is 0.381 e. The summed E-state index contributed by atoms with van der Waals surface area (Å²) in [6, 6.07) is 0. The number of ether oxygens (including phenoxy) is 3. The van der Waals surface area contributed by atoms with Gasteiger partial charge in [0.2, 0.25) is 0 Å². The molecule has 3 nitrogen and oxygen atoms in total. The van der Waals surface area contributed by atoms with Crippen LogP contribution >= 0.6 is 15.9 Å². The Morgan fingerprint density at radius 2 is 2.00 bits per heavy atom. The van der Waals surface area contributed by atoms with Crippen molar-refractivity contribution in [2.24, 2.45) is 0 Å². The lowest BCUT2D eigenvalue weighted by Crippen LogP contribution is -2.34. The van der Waals surface area contributed by atoms with E-state index in [1.165, 1.54) is 12.8 Å². The number of hydrogen-bond acceptors (Lipinski definition) is 3. The lowest BCUT2D eigenvalue weighted by molar-refractivity contribution is -0.0639. The van der Waals surface area contributed by atoms with Crippen LogP contribution in [0.3, 0.4) is 0 Å². The van der Waals surface area contributed by atoms with Gasteiger partial charge in [-0.3, -0.25) is 0 Å². The highest BCUT2D eigenvalue weighted by molar-refractivity contribution is 9.09. The Bertz CT molecular complexity index is 200. The Morgan fingerprint density at radius 1 is 1.20 bits per heavy atom. The van der Waals surface area contributed by atoms with Crippen LogP contribution in [-0.4, -0.2) is 43.5 Å². The van der Waals surface area contributed by atoms with Crippen molar-refractivity contribution in [3.8, 4) is 0 Å². The fraction of sp³-hybridized carbons (Fsp3) is 1.00. The van der Waals surface area contributed by atoms with Crippen molar-refractivity contribution >= 4 is 15.9 Å². The second kappa shape index (κ2) is 5.62. The predicted octanol–water partition coefficient (Wildman–Crippen LogP) is 2.12. The molecule has 0 amide bonds. The Morgan fingerprint density at radius 3 is 2.67 bits per heavy atom. The first-order valence-electron chi connectivity index (χ1n) is 5.69. The highest BCUT2D eigenvalue weighted by atomic mass is 79.9. The maximum absolute atomic E-state index is 6.04. The van der Waals surface area contributed by atoms with Gasteiger partial charge in [0.05, 0.1) is 36.4 Å². The van der Waals surface area contributed by atoms with Crippen LogP contribution in [0.2, 0.25) is 0 Å². The molecule has 1 saturated heterocycles. The van der Waals surface area contributed by atoms with Gasteiger partial charge in [-0.05, 0) is 25.7 Å². The molecule has 2 rings (SSSR count). The summed E-state index contributed by atoms with van der Waals surface area (Å²) < 4.78 is 16.8. The minimum absolute atomic E-state index is 0.227. The van der Waals surface area contributed by atoms with Gasteiger partial charge in [0, 0.05) is 7.11 Å². The zero-order valence-corrected chi connectivity index (χ0v) is 10.7. The predicted molar refractivity (Wildman–Crippen MR) is 61.5 cm³/mol. The zero-order valence-electron chi connectivity index (χ0n) is 9.15. The minimum Gasteiger partial charge on any atom is -0.381 e. The second-order valence-electron chi connectivity index (χ2n) is 4.37. The molecular weight excluding hydrogens is 260 g/mol. The van der Waals surface area contributed by atoms with Crippen LogP contribution in [0.4, 0.5) is 0 Å². The number of hydrogen-bond donors (Lipinski definition) is 0. The highest BCUT2D eigenvalue weighted by Crippen LogP contribution is 2.27. The van der Waals surface area contributed by atoms with E-state index in [-0.39, 0.29) is 6.10 Å². The number of halogens is 1. The summed E-state index contributed by atoms with van der Waals surface area (Å²) in [5.74, 6) is 0. The standard InChI is InChI=1S/C11H19BrO3/c1-13-8-3-2-4-9(5-8)15-11-7-14-6-10(11)12/h8-11H,2-7H2,1H3. The minimum atomic E-state index is 0.227. The van der Waals surface area contributed by atoms with Gasteiger partial charge in [0.1, 0.15) is 0 Å². The fourth-order valence-electron chi connectivity index (χ4n) is 2.32. The molecule has 0 aromatic heterocycles. The van der Waals surface area contributed by atoms with E-state index in [9.17, 15) is 0 Å². The quantitative estimate of drug-likeness (QED) is 0.741. The Balaban J connectivity index is 1.78. The van der Waals surface area contributed by atoms with Crippen LogP contribution in [0.15, 0.2) is 0 Å². The highest BCUT2D eigenvalue weighted by Gasteiger charge is 2.31. The lowest BCUT2D eigenvalue weighted by atomic mass is 9.95. The van der Waals surface area contributed by atoms with E-state index in [0.29, 0.717) is 17.0 Å². The van der Waals surface area contributed by atoms with Gasteiger partial charge in [0.25, 0.3) is 0 Å². The van der Waals surface area contributed by atoms with Crippen molar-refractivity contribution in [3.63, 3.8) is 0 Å². The maximum Gasteiger partial charge on any atom is 0.0959 e. The van der Waals surface area contributed by atoms with Crippen molar-refractivity contribution < 1.29 is 14.2 Å². The number of rotatable bonds is 3. The van der Waals surface area contributed by atoms with E-state index >= 15 is 0 Å². The topological polar surface area (TPSA) is 27.7 Å². The lowest BCUT2D eigenvalue weighted by Gasteiger charge is -2.30. The van der Waals surface area contributed by atoms with Crippen molar-refractivity contribution in [1.29, 1.82) is 0 Å². The molecule has 0 aromatic rings. The summed E-state index contributed by atoms with van der Waals surface area (Å²) in [6.45, 7) is 1.50. The third-order valence-electron chi connectivity index (χ3n) is 3.24. The monoisotopic (exact) mass is 278 g/mol. The molecule has 2 fully saturated rings. The Hall–Kier alpha value is 0.360. The molecule has 1 saturated carbocycles. The van der Waals surface area contributed by atoms with Crippen LogP contribution in [0.1, 0.15) is 25.7 Å². The third-order valence-corrected chi connectivity index (χ3v) is 4.10. The molecule has 0 spiro atoms. The zero-order chi connectivity index (χ0) is 10.7. The average molecular weight is 279 g/mol. The summed E-state index contributed by atoms with van der Waals surface area (Å²) in [5.41, 5.74) is 0. The first-order valence-corrected chi connectivity index (χ1v) is 6.61. The van der Waals surface area contributed by atoms with E-state index in [1.54, 1.807) is 7.11 Å². The van der Waals surface area contributed by atoms with Crippen LogP contribution in [0, 0.1) is 0 Å². The molecule has 4 atom stereocenters. The van der Waals surface area contributed by atoms with Crippen LogP contribution < -0.4 is 0 Å². The molecule has 0 radical (unpaired) electrons. The molecule has 1 aliphatic heterocycles. The summed E-state index contributed by atoms with van der Waals surface area (Å²) in [7, 11) is 1.79. The Labute approximate surface area is 99.6 Å². The summed E-state index contributed by atoms with van der Waals surface area (Å²) in [4.78, 5) is 0.362. The van der Waals surface area contributed by atoms with Crippen LogP contribution in [0.5, 0.6) is 0 Å². The van der Waals surface area contributed by atoms with Gasteiger partial charge in [0.15, 0.2) is 0 Å². The van der Waals surface area contributed by atoms with Gasteiger partial charge in [-0.15, -0.1) is 0 Å². The van der Waals surface area contributed by atoms with Gasteiger partial charge < -0.3 is 14.2 Å². The van der Waals surface area contributed by atoms with Crippen molar-refractivity contribution in [3.05, 3.63) is 0 Å². The van der Waals surface area contributed by atoms with E-state index in [1.807, 2.05) is 0 Å². The molecule has 0 aromatic carbocycles. The molecule has 1 aliphatic carbocycles. The molecule has 88 valence electrons. The number of alkyl halides is 1. The summed E-state index contributed by atoms with van der Waals surface area (Å²) in [6.07, 6.45) is 5.56.